The van der Waals surface area contributed by atoms with E-state index in [1.165, 1.54) is 11.8 Å². The maximum Gasteiger partial charge on any atom is 0.245 e. The predicted octanol–water partition coefficient (Wildman–Crippen LogP) is -0.325. The van der Waals surface area contributed by atoms with Crippen molar-refractivity contribution in [2.24, 2.45) is 0 Å². The lowest BCUT2D eigenvalue weighted by molar-refractivity contribution is -0.144. The summed E-state index contributed by atoms with van der Waals surface area (Å²) in [6.07, 6.45) is 0.666. The molecular formula is C11H21N3O2. The molecule has 1 fully saturated rings. The lowest BCUT2D eigenvalue weighted by Crippen LogP contribution is -2.53. The molecule has 1 atom stereocenters. The Morgan fingerprint density at radius 2 is 1.94 bits per heavy atom. The zero-order valence-electron chi connectivity index (χ0n) is 10.3. The molecule has 0 aromatic heterocycles. The van der Waals surface area contributed by atoms with Gasteiger partial charge in [0.15, 0.2) is 0 Å². The average molecular weight is 227 g/mol. The fraction of sp³-hybridized carbons (Fsp3) is 0.818. The second-order valence-corrected chi connectivity index (χ2v) is 4.13. The molecule has 1 saturated heterocycles. The van der Waals surface area contributed by atoms with Crippen molar-refractivity contribution >= 4 is 11.8 Å². The third kappa shape index (κ3) is 2.95. The van der Waals surface area contributed by atoms with E-state index in [9.17, 15) is 9.59 Å². The summed E-state index contributed by atoms with van der Waals surface area (Å²) in [6, 6.07) is -0.310. The highest BCUT2D eigenvalue weighted by molar-refractivity contribution is 5.86. The molecule has 2 amide bonds. The summed E-state index contributed by atoms with van der Waals surface area (Å²) in [5.41, 5.74) is 0. The molecule has 92 valence electrons. The van der Waals surface area contributed by atoms with Crippen LogP contribution in [-0.2, 0) is 9.59 Å². The summed E-state index contributed by atoms with van der Waals surface area (Å²) in [7, 11) is 1.69. The van der Waals surface area contributed by atoms with E-state index in [0.717, 1.165) is 26.2 Å². The molecule has 0 radical (unpaired) electrons. The summed E-state index contributed by atoms with van der Waals surface area (Å²) in [6.45, 7) is 6.58. The van der Waals surface area contributed by atoms with Crippen LogP contribution in [0.3, 0.4) is 0 Å². The van der Waals surface area contributed by atoms with E-state index in [0.29, 0.717) is 6.42 Å². The summed E-state index contributed by atoms with van der Waals surface area (Å²) >= 11 is 0. The molecule has 0 spiro atoms. The van der Waals surface area contributed by atoms with Crippen LogP contribution in [0, 0.1) is 0 Å². The van der Waals surface area contributed by atoms with E-state index in [2.05, 4.69) is 5.32 Å². The number of nitrogens with zero attached hydrogens (tertiary/aromatic N) is 2. The molecule has 1 N–H and O–H groups in total. The molecule has 0 aromatic rings. The molecule has 0 aliphatic carbocycles. The average Bonchev–Trinajstić information content (AvgIpc) is 2.30. The Morgan fingerprint density at radius 3 is 2.38 bits per heavy atom. The van der Waals surface area contributed by atoms with Crippen molar-refractivity contribution in [2.75, 3.05) is 33.2 Å². The van der Waals surface area contributed by atoms with Crippen LogP contribution in [-0.4, -0.2) is 60.9 Å². The van der Waals surface area contributed by atoms with Gasteiger partial charge in [-0.15, -0.1) is 0 Å². The van der Waals surface area contributed by atoms with Crippen molar-refractivity contribution in [3.8, 4) is 0 Å². The maximum absolute atomic E-state index is 12.2. The van der Waals surface area contributed by atoms with E-state index in [1.807, 2.05) is 11.8 Å². The van der Waals surface area contributed by atoms with Crippen LogP contribution in [0.4, 0.5) is 0 Å². The first kappa shape index (κ1) is 13.0. The van der Waals surface area contributed by atoms with E-state index in [-0.39, 0.29) is 17.9 Å². The number of likely N-dealkylation sites (N-methyl/N-ethyl adjacent to an activating group) is 1. The van der Waals surface area contributed by atoms with Crippen molar-refractivity contribution in [1.29, 1.82) is 0 Å². The van der Waals surface area contributed by atoms with Gasteiger partial charge in [0, 0.05) is 40.2 Å². The van der Waals surface area contributed by atoms with Gasteiger partial charge in [-0.05, 0) is 6.42 Å². The van der Waals surface area contributed by atoms with Gasteiger partial charge in [0.2, 0.25) is 11.8 Å². The van der Waals surface area contributed by atoms with Crippen LogP contribution in [0.25, 0.3) is 0 Å². The SMILES string of the molecule is CCC(C(=O)N1CCNCC1)N(C)C(C)=O. The number of carbonyl (C=O) groups is 2. The van der Waals surface area contributed by atoms with Crippen LogP contribution in [0.2, 0.25) is 0 Å². The molecular weight excluding hydrogens is 206 g/mol. The first-order chi connectivity index (χ1) is 7.57. The molecule has 1 aliphatic heterocycles. The van der Waals surface area contributed by atoms with Gasteiger partial charge >= 0.3 is 0 Å². The molecule has 1 rings (SSSR count). The zero-order valence-corrected chi connectivity index (χ0v) is 10.3. The molecule has 1 aliphatic rings. The number of carbonyl (C=O) groups excluding carboxylic acids is 2. The molecule has 0 bridgehead atoms. The topological polar surface area (TPSA) is 52.7 Å². The van der Waals surface area contributed by atoms with E-state index in [4.69, 9.17) is 0 Å². The Balaban J connectivity index is 2.64. The lowest BCUT2D eigenvalue weighted by atomic mass is 10.1. The largest absolute Gasteiger partial charge is 0.338 e. The second kappa shape index (κ2) is 5.84. The molecule has 0 saturated carbocycles. The molecule has 1 heterocycles. The molecule has 16 heavy (non-hydrogen) atoms. The highest BCUT2D eigenvalue weighted by Crippen LogP contribution is 2.08. The Kier molecular flexibility index (Phi) is 4.73. The normalized spacial score (nSPS) is 18.1. The number of piperazine rings is 1. The standard InChI is InChI=1S/C11H21N3O2/c1-4-10(13(3)9(2)15)11(16)14-7-5-12-6-8-14/h10,12H,4-8H2,1-3H3. The van der Waals surface area contributed by atoms with E-state index < -0.39 is 0 Å². The fourth-order valence-electron chi connectivity index (χ4n) is 1.93. The van der Waals surface area contributed by atoms with Crippen LogP contribution in [0.1, 0.15) is 20.3 Å². The molecule has 5 heteroatoms. The number of rotatable bonds is 3. The molecule has 5 nitrogen and oxygen atoms in total. The smallest absolute Gasteiger partial charge is 0.245 e. The predicted molar refractivity (Wildman–Crippen MR) is 62.0 cm³/mol. The van der Waals surface area contributed by atoms with Gasteiger partial charge in [-0.2, -0.15) is 0 Å². The minimum atomic E-state index is -0.310. The minimum Gasteiger partial charge on any atom is -0.338 e. The highest BCUT2D eigenvalue weighted by atomic mass is 16.2. The third-order valence-electron chi connectivity index (χ3n) is 3.06. The number of hydrogen-bond donors (Lipinski definition) is 1. The van der Waals surface area contributed by atoms with Crippen molar-refractivity contribution in [3.63, 3.8) is 0 Å². The minimum absolute atomic E-state index is 0.0599. The lowest BCUT2D eigenvalue weighted by Gasteiger charge is -2.33. The Hall–Kier alpha value is -1.10. The van der Waals surface area contributed by atoms with E-state index >= 15 is 0 Å². The fourth-order valence-corrected chi connectivity index (χ4v) is 1.93. The summed E-state index contributed by atoms with van der Waals surface area (Å²) in [5, 5.41) is 3.20. The van der Waals surface area contributed by atoms with Gasteiger partial charge in [0.1, 0.15) is 6.04 Å². The Morgan fingerprint density at radius 1 is 1.38 bits per heavy atom. The second-order valence-electron chi connectivity index (χ2n) is 4.13. The van der Waals surface area contributed by atoms with Gasteiger partial charge in [-0.1, -0.05) is 6.92 Å². The zero-order chi connectivity index (χ0) is 12.1. The third-order valence-corrected chi connectivity index (χ3v) is 3.06. The maximum atomic E-state index is 12.2. The van der Waals surface area contributed by atoms with Crippen LogP contribution in [0.5, 0.6) is 0 Å². The summed E-state index contributed by atoms with van der Waals surface area (Å²) < 4.78 is 0. The van der Waals surface area contributed by atoms with Crippen molar-refractivity contribution in [3.05, 3.63) is 0 Å². The van der Waals surface area contributed by atoms with E-state index in [1.54, 1.807) is 7.05 Å². The van der Waals surface area contributed by atoms with Crippen LogP contribution >= 0.6 is 0 Å². The number of nitrogens with one attached hydrogen (secondary N) is 1. The van der Waals surface area contributed by atoms with Crippen molar-refractivity contribution in [2.45, 2.75) is 26.3 Å². The number of hydrogen-bond acceptors (Lipinski definition) is 3. The van der Waals surface area contributed by atoms with Crippen molar-refractivity contribution < 1.29 is 9.59 Å². The first-order valence-electron chi connectivity index (χ1n) is 5.80. The van der Waals surface area contributed by atoms with Gasteiger partial charge < -0.3 is 15.1 Å². The molecule has 1 unspecified atom stereocenters. The van der Waals surface area contributed by atoms with Gasteiger partial charge in [-0.3, -0.25) is 9.59 Å². The Labute approximate surface area is 96.8 Å². The van der Waals surface area contributed by atoms with Gasteiger partial charge in [0.05, 0.1) is 0 Å². The highest BCUT2D eigenvalue weighted by Gasteiger charge is 2.28. The monoisotopic (exact) mass is 227 g/mol. The summed E-state index contributed by atoms with van der Waals surface area (Å²) in [4.78, 5) is 26.8. The molecule has 0 aromatic carbocycles. The van der Waals surface area contributed by atoms with Crippen molar-refractivity contribution in [1.82, 2.24) is 15.1 Å². The van der Waals surface area contributed by atoms with Crippen LogP contribution in [0.15, 0.2) is 0 Å². The summed E-state index contributed by atoms with van der Waals surface area (Å²) in [5.74, 6) is 0.0111. The quantitative estimate of drug-likeness (QED) is 0.718. The Bertz CT molecular complexity index is 262. The van der Waals surface area contributed by atoms with Gasteiger partial charge in [-0.25, -0.2) is 0 Å². The number of amides is 2. The van der Waals surface area contributed by atoms with Gasteiger partial charge in [0.25, 0.3) is 0 Å². The first-order valence-corrected chi connectivity index (χ1v) is 5.80. The van der Waals surface area contributed by atoms with Crippen LogP contribution < -0.4 is 5.32 Å².